The van der Waals surface area contributed by atoms with Gasteiger partial charge in [-0.1, -0.05) is 25.5 Å². The Morgan fingerprint density at radius 3 is 2.59 bits per heavy atom. The van der Waals surface area contributed by atoms with E-state index in [2.05, 4.69) is 18.3 Å². The Kier molecular flexibility index (Phi) is 7.39. The first-order valence-corrected chi connectivity index (χ1v) is 8.07. The zero-order valence-corrected chi connectivity index (χ0v) is 14.5. The summed E-state index contributed by atoms with van der Waals surface area (Å²) in [5, 5.41) is 3.42. The minimum absolute atomic E-state index is 0.347. The SMILES string of the molecule is CCCCNCc1ccc(OC(C)(C)C(=O)OCC)c(C)c1. The third kappa shape index (κ3) is 5.68. The molecule has 0 heterocycles. The molecule has 1 aromatic carbocycles. The highest BCUT2D eigenvalue weighted by atomic mass is 16.6. The van der Waals surface area contributed by atoms with E-state index < -0.39 is 5.60 Å². The lowest BCUT2D eigenvalue weighted by Gasteiger charge is -2.25. The van der Waals surface area contributed by atoms with Crippen LogP contribution in [0.2, 0.25) is 0 Å². The summed E-state index contributed by atoms with van der Waals surface area (Å²) in [4.78, 5) is 11.9. The van der Waals surface area contributed by atoms with Crippen molar-refractivity contribution in [3.63, 3.8) is 0 Å². The van der Waals surface area contributed by atoms with Gasteiger partial charge in [0.25, 0.3) is 0 Å². The average molecular weight is 307 g/mol. The van der Waals surface area contributed by atoms with Gasteiger partial charge in [-0.3, -0.25) is 0 Å². The summed E-state index contributed by atoms with van der Waals surface area (Å²) < 4.78 is 10.9. The van der Waals surface area contributed by atoms with Crippen molar-refractivity contribution in [1.29, 1.82) is 0 Å². The van der Waals surface area contributed by atoms with Gasteiger partial charge in [0.1, 0.15) is 5.75 Å². The van der Waals surface area contributed by atoms with Crippen molar-refractivity contribution in [3.8, 4) is 5.75 Å². The van der Waals surface area contributed by atoms with Crippen LogP contribution in [-0.4, -0.2) is 24.7 Å². The Morgan fingerprint density at radius 1 is 1.27 bits per heavy atom. The molecular formula is C18H29NO3. The molecule has 0 unspecified atom stereocenters. The molecule has 0 saturated carbocycles. The number of esters is 1. The van der Waals surface area contributed by atoms with E-state index in [0.717, 1.165) is 24.4 Å². The zero-order chi connectivity index (χ0) is 16.6. The van der Waals surface area contributed by atoms with Crippen LogP contribution in [0.3, 0.4) is 0 Å². The van der Waals surface area contributed by atoms with Crippen LogP contribution in [0.5, 0.6) is 5.75 Å². The molecule has 0 saturated heterocycles. The van der Waals surface area contributed by atoms with Crippen molar-refractivity contribution >= 4 is 5.97 Å². The molecule has 0 radical (unpaired) electrons. The minimum atomic E-state index is -0.984. The van der Waals surface area contributed by atoms with Crippen LogP contribution >= 0.6 is 0 Å². The largest absolute Gasteiger partial charge is 0.476 e. The number of nitrogens with one attached hydrogen (secondary N) is 1. The predicted molar refractivity (Wildman–Crippen MR) is 89.1 cm³/mol. The summed E-state index contributed by atoms with van der Waals surface area (Å²) in [5.41, 5.74) is 1.25. The highest BCUT2D eigenvalue weighted by molar-refractivity contribution is 5.79. The van der Waals surface area contributed by atoms with Gasteiger partial charge >= 0.3 is 5.97 Å². The van der Waals surface area contributed by atoms with E-state index in [9.17, 15) is 4.79 Å². The summed E-state index contributed by atoms with van der Waals surface area (Å²) in [6, 6.07) is 6.05. The van der Waals surface area contributed by atoms with E-state index in [1.54, 1.807) is 20.8 Å². The van der Waals surface area contributed by atoms with E-state index in [1.807, 2.05) is 19.1 Å². The van der Waals surface area contributed by atoms with E-state index >= 15 is 0 Å². The third-order valence-electron chi connectivity index (χ3n) is 3.41. The second kappa shape index (κ2) is 8.79. The zero-order valence-electron chi connectivity index (χ0n) is 14.5. The summed E-state index contributed by atoms with van der Waals surface area (Å²) >= 11 is 0. The molecule has 0 amide bonds. The molecule has 0 aromatic heterocycles. The predicted octanol–water partition coefficient (Wildman–Crippen LogP) is 3.61. The van der Waals surface area contributed by atoms with Crippen LogP contribution < -0.4 is 10.1 Å². The van der Waals surface area contributed by atoms with Crippen molar-refractivity contribution in [3.05, 3.63) is 29.3 Å². The molecule has 0 aliphatic rings. The molecule has 22 heavy (non-hydrogen) atoms. The lowest BCUT2D eigenvalue weighted by Crippen LogP contribution is -2.39. The van der Waals surface area contributed by atoms with Gasteiger partial charge in [-0.15, -0.1) is 0 Å². The van der Waals surface area contributed by atoms with Gasteiger partial charge in [0, 0.05) is 6.54 Å². The van der Waals surface area contributed by atoms with Crippen LogP contribution in [0.4, 0.5) is 0 Å². The molecule has 4 nitrogen and oxygen atoms in total. The first-order valence-electron chi connectivity index (χ1n) is 8.07. The van der Waals surface area contributed by atoms with Gasteiger partial charge < -0.3 is 14.8 Å². The Hall–Kier alpha value is -1.55. The quantitative estimate of drug-likeness (QED) is 0.559. The molecule has 124 valence electrons. The van der Waals surface area contributed by atoms with Crippen molar-refractivity contribution in [2.45, 2.75) is 59.6 Å². The van der Waals surface area contributed by atoms with E-state index in [-0.39, 0.29) is 5.97 Å². The number of hydrogen-bond acceptors (Lipinski definition) is 4. The molecule has 0 spiro atoms. The maximum absolute atomic E-state index is 11.9. The van der Waals surface area contributed by atoms with Gasteiger partial charge in [-0.2, -0.15) is 0 Å². The van der Waals surface area contributed by atoms with Gasteiger partial charge in [0.15, 0.2) is 5.60 Å². The maximum atomic E-state index is 11.9. The Balaban J connectivity index is 2.67. The minimum Gasteiger partial charge on any atom is -0.476 e. The monoisotopic (exact) mass is 307 g/mol. The standard InChI is InChI=1S/C18H29NO3/c1-6-8-11-19-13-15-9-10-16(14(3)12-15)22-18(4,5)17(20)21-7-2/h9-10,12,19H,6-8,11,13H2,1-5H3. The summed E-state index contributed by atoms with van der Waals surface area (Å²) in [6.07, 6.45) is 2.38. The molecule has 1 N–H and O–H groups in total. The molecule has 4 heteroatoms. The smallest absolute Gasteiger partial charge is 0.349 e. The molecular weight excluding hydrogens is 278 g/mol. The van der Waals surface area contributed by atoms with Gasteiger partial charge in [-0.05, 0) is 57.9 Å². The average Bonchev–Trinajstić information content (AvgIpc) is 2.46. The van der Waals surface area contributed by atoms with Crippen LogP contribution in [0.1, 0.15) is 51.7 Å². The lowest BCUT2D eigenvalue weighted by molar-refractivity contribution is -0.158. The fraction of sp³-hybridized carbons (Fsp3) is 0.611. The Labute approximate surface area is 134 Å². The van der Waals surface area contributed by atoms with Crippen LogP contribution in [0.15, 0.2) is 18.2 Å². The molecule has 0 atom stereocenters. The van der Waals surface area contributed by atoms with Crippen molar-refractivity contribution in [2.24, 2.45) is 0 Å². The second-order valence-electron chi connectivity index (χ2n) is 5.96. The number of hydrogen-bond donors (Lipinski definition) is 1. The molecule has 0 fully saturated rings. The highest BCUT2D eigenvalue weighted by Gasteiger charge is 2.31. The van der Waals surface area contributed by atoms with E-state index in [4.69, 9.17) is 9.47 Å². The normalized spacial score (nSPS) is 11.3. The number of aryl methyl sites for hydroxylation is 1. The number of rotatable bonds is 9. The van der Waals surface area contributed by atoms with Crippen molar-refractivity contribution < 1.29 is 14.3 Å². The first kappa shape index (κ1) is 18.5. The molecule has 0 aliphatic heterocycles. The van der Waals surface area contributed by atoms with Gasteiger partial charge in [-0.25, -0.2) is 4.79 Å². The molecule has 1 rings (SSSR count). The van der Waals surface area contributed by atoms with E-state index in [1.165, 1.54) is 18.4 Å². The summed E-state index contributed by atoms with van der Waals surface area (Å²) in [7, 11) is 0. The highest BCUT2D eigenvalue weighted by Crippen LogP contribution is 2.24. The second-order valence-corrected chi connectivity index (χ2v) is 5.96. The fourth-order valence-corrected chi connectivity index (χ4v) is 2.09. The topological polar surface area (TPSA) is 47.6 Å². The van der Waals surface area contributed by atoms with Crippen molar-refractivity contribution in [2.75, 3.05) is 13.2 Å². The Bertz CT molecular complexity index is 483. The maximum Gasteiger partial charge on any atom is 0.349 e. The molecule has 0 aliphatic carbocycles. The lowest BCUT2D eigenvalue weighted by atomic mass is 10.1. The molecule has 0 bridgehead atoms. The van der Waals surface area contributed by atoms with Crippen LogP contribution in [0.25, 0.3) is 0 Å². The summed E-state index contributed by atoms with van der Waals surface area (Å²) in [6.45, 7) is 11.7. The Morgan fingerprint density at radius 2 is 2.00 bits per heavy atom. The van der Waals surface area contributed by atoms with Crippen LogP contribution in [-0.2, 0) is 16.1 Å². The fourth-order valence-electron chi connectivity index (χ4n) is 2.09. The van der Waals surface area contributed by atoms with Gasteiger partial charge in [0.2, 0.25) is 0 Å². The van der Waals surface area contributed by atoms with Crippen molar-refractivity contribution in [1.82, 2.24) is 5.32 Å². The first-order chi connectivity index (χ1) is 10.4. The number of unbranched alkanes of at least 4 members (excludes halogenated alkanes) is 1. The number of benzene rings is 1. The van der Waals surface area contributed by atoms with E-state index in [0.29, 0.717) is 6.61 Å². The number of carbonyl (C=O) groups excluding carboxylic acids is 1. The number of ether oxygens (including phenoxy) is 2. The van der Waals surface area contributed by atoms with Gasteiger partial charge in [0.05, 0.1) is 6.61 Å². The summed E-state index contributed by atoms with van der Waals surface area (Å²) in [5.74, 6) is 0.370. The number of carbonyl (C=O) groups is 1. The molecule has 1 aromatic rings. The third-order valence-corrected chi connectivity index (χ3v) is 3.41. The van der Waals surface area contributed by atoms with Crippen LogP contribution in [0, 0.1) is 6.92 Å².